The fourth-order valence-electron chi connectivity index (χ4n) is 1.33. The van der Waals surface area contributed by atoms with Gasteiger partial charge in [-0.25, -0.2) is 8.42 Å². The second-order valence-electron chi connectivity index (χ2n) is 3.52. The van der Waals surface area contributed by atoms with Gasteiger partial charge >= 0.3 is 0 Å². The van der Waals surface area contributed by atoms with Crippen LogP contribution in [0.4, 0.5) is 0 Å². The van der Waals surface area contributed by atoms with Crippen LogP contribution in [-0.2, 0) is 19.3 Å². The number of aliphatic hydroxyl groups excluding tert-OH is 2. The van der Waals surface area contributed by atoms with Crippen molar-refractivity contribution in [3.63, 3.8) is 0 Å². The normalized spacial score (nSPS) is 37.9. The van der Waals surface area contributed by atoms with Gasteiger partial charge in [-0.05, 0) is 0 Å². The molecule has 0 spiro atoms. The van der Waals surface area contributed by atoms with Gasteiger partial charge in [0, 0.05) is 5.92 Å². The topological polar surface area (TPSA) is 116 Å². The highest BCUT2D eigenvalue weighted by Gasteiger charge is 2.36. The first-order valence-corrected chi connectivity index (χ1v) is 5.72. The predicted molar refractivity (Wildman–Crippen MR) is 46.6 cm³/mol. The van der Waals surface area contributed by atoms with E-state index in [9.17, 15) is 23.2 Å². The minimum atomic E-state index is -4.80. The number of aliphatic hydroxyl groups is 2. The molecule has 0 aromatic rings. The van der Waals surface area contributed by atoms with E-state index in [1.54, 1.807) is 6.92 Å². The molecule has 7 nitrogen and oxygen atoms in total. The zero-order chi connectivity index (χ0) is 11.6. The summed E-state index contributed by atoms with van der Waals surface area (Å²) in [5, 5.41) is 18.9. The van der Waals surface area contributed by atoms with E-state index >= 15 is 0 Å². The average Bonchev–Trinajstić information content (AvgIpc) is 2.12. The van der Waals surface area contributed by atoms with E-state index in [2.05, 4.69) is 4.18 Å². The Balaban J connectivity index is 2.50. The molecule has 90 valence electrons. The van der Waals surface area contributed by atoms with Crippen LogP contribution in [0.2, 0.25) is 0 Å². The van der Waals surface area contributed by atoms with Crippen LogP contribution in [-0.4, -0.2) is 54.7 Å². The van der Waals surface area contributed by atoms with Gasteiger partial charge < -0.3 is 19.5 Å². The molecule has 1 rings (SSSR count). The summed E-state index contributed by atoms with van der Waals surface area (Å²) in [7, 11) is -4.80. The molecule has 4 unspecified atom stereocenters. The molecule has 8 heteroatoms. The molecule has 0 bridgehead atoms. The summed E-state index contributed by atoms with van der Waals surface area (Å²) in [6, 6.07) is 0. The molecule has 1 fully saturated rings. The van der Waals surface area contributed by atoms with E-state index < -0.39 is 35.3 Å². The average molecular weight is 241 g/mol. The summed E-state index contributed by atoms with van der Waals surface area (Å²) in [5.74, 6) is -0.250. The molecular weight excluding hydrogens is 228 g/mol. The highest BCUT2D eigenvalue weighted by molar-refractivity contribution is 7.80. The molecule has 1 heterocycles. The third-order valence-corrected chi connectivity index (χ3v) is 2.69. The van der Waals surface area contributed by atoms with E-state index in [4.69, 9.17) is 4.74 Å². The van der Waals surface area contributed by atoms with Gasteiger partial charge in [0.05, 0.1) is 19.3 Å². The summed E-state index contributed by atoms with van der Waals surface area (Å²) >= 11 is 0. The van der Waals surface area contributed by atoms with Crippen molar-refractivity contribution in [2.24, 2.45) is 5.92 Å². The first kappa shape index (κ1) is 12.8. The van der Waals surface area contributed by atoms with Crippen molar-refractivity contribution >= 4 is 10.4 Å². The molecule has 0 aliphatic carbocycles. The van der Waals surface area contributed by atoms with Crippen molar-refractivity contribution < 1.29 is 32.1 Å². The third kappa shape index (κ3) is 3.67. The molecular formula is C7H13O7S-. The zero-order valence-corrected chi connectivity index (χ0v) is 8.88. The summed E-state index contributed by atoms with van der Waals surface area (Å²) in [6.45, 7) is 1.26. The molecule has 0 saturated carbocycles. The van der Waals surface area contributed by atoms with Gasteiger partial charge in [-0.3, -0.25) is 4.18 Å². The molecule has 0 aromatic heterocycles. The first-order valence-electron chi connectivity index (χ1n) is 4.39. The van der Waals surface area contributed by atoms with Crippen molar-refractivity contribution in [3.05, 3.63) is 0 Å². The van der Waals surface area contributed by atoms with Gasteiger partial charge in [-0.1, -0.05) is 6.92 Å². The van der Waals surface area contributed by atoms with Crippen molar-refractivity contribution in [2.75, 3.05) is 13.2 Å². The van der Waals surface area contributed by atoms with Crippen LogP contribution in [0.1, 0.15) is 6.92 Å². The number of rotatable bonds is 3. The van der Waals surface area contributed by atoms with Crippen LogP contribution in [0.5, 0.6) is 0 Å². The van der Waals surface area contributed by atoms with Gasteiger partial charge in [-0.2, -0.15) is 0 Å². The fourth-order valence-corrected chi connectivity index (χ4v) is 1.63. The Morgan fingerprint density at radius 3 is 2.60 bits per heavy atom. The molecule has 0 radical (unpaired) electrons. The molecule has 1 aliphatic rings. The van der Waals surface area contributed by atoms with E-state index in [-0.39, 0.29) is 12.5 Å². The van der Waals surface area contributed by atoms with Crippen molar-refractivity contribution in [2.45, 2.75) is 25.2 Å². The smallest absolute Gasteiger partial charge is 0.217 e. The largest absolute Gasteiger partial charge is 0.726 e. The fraction of sp³-hybridized carbons (Fsp3) is 1.00. The van der Waals surface area contributed by atoms with Gasteiger partial charge in [-0.15, -0.1) is 0 Å². The minimum Gasteiger partial charge on any atom is -0.726 e. The van der Waals surface area contributed by atoms with E-state index in [0.29, 0.717) is 0 Å². The quantitative estimate of drug-likeness (QED) is 0.443. The molecule has 15 heavy (non-hydrogen) atoms. The van der Waals surface area contributed by atoms with Gasteiger partial charge in [0.1, 0.15) is 12.2 Å². The Bertz CT molecular complexity index is 300. The summed E-state index contributed by atoms with van der Waals surface area (Å²) in [4.78, 5) is 0. The van der Waals surface area contributed by atoms with Crippen molar-refractivity contribution in [1.29, 1.82) is 0 Å². The van der Waals surface area contributed by atoms with Gasteiger partial charge in [0.15, 0.2) is 0 Å². The standard InChI is InChI=1S/C7H14O7S/c1-4-2-13-5(7(9)6(4)8)3-14-15(10,11)12/h4-9H,2-3H2,1H3,(H,10,11,12)/p-1. The lowest BCUT2D eigenvalue weighted by Gasteiger charge is -2.35. The SMILES string of the molecule is CC1COC(COS(=O)(=O)[O-])C(O)C1O. The van der Waals surface area contributed by atoms with Crippen LogP contribution in [0.25, 0.3) is 0 Å². The lowest BCUT2D eigenvalue weighted by molar-refractivity contribution is -0.168. The maximum absolute atomic E-state index is 10.1. The Hall–Kier alpha value is -0.250. The van der Waals surface area contributed by atoms with E-state index in [1.807, 2.05) is 0 Å². The van der Waals surface area contributed by atoms with Crippen LogP contribution >= 0.6 is 0 Å². The Morgan fingerprint density at radius 2 is 2.07 bits per heavy atom. The Morgan fingerprint density at radius 1 is 1.47 bits per heavy atom. The minimum absolute atomic E-state index is 0.172. The number of ether oxygens (including phenoxy) is 1. The maximum Gasteiger partial charge on any atom is 0.217 e. The molecule has 4 atom stereocenters. The third-order valence-electron chi connectivity index (χ3n) is 2.26. The molecule has 0 amide bonds. The van der Waals surface area contributed by atoms with Gasteiger partial charge in [0.25, 0.3) is 0 Å². The summed E-state index contributed by atoms with van der Waals surface area (Å²) in [5.41, 5.74) is 0. The van der Waals surface area contributed by atoms with E-state index in [1.165, 1.54) is 0 Å². The van der Waals surface area contributed by atoms with Crippen LogP contribution in [0.3, 0.4) is 0 Å². The van der Waals surface area contributed by atoms with Crippen LogP contribution < -0.4 is 0 Å². The van der Waals surface area contributed by atoms with Gasteiger partial charge in [0.2, 0.25) is 10.4 Å². The molecule has 1 aliphatic heterocycles. The van der Waals surface area contributed by atoms with Crippen LogP contribution in [0, 0.1) is 5.92 Å². The second kappa shape index (κ2) is 4.73. The monoisotopic (exact) mass is 241 g/mol. The zero-order valence-electron chi connectivity index (χ0n) is 8.07. The first-order chi connectivity index (χ1) is 6.81. The summed E-state index contributed by atoms with van der Waals surface area (Å²) in [6.07, 6.45) is -3.27. The maximum atomic E-state index is 10.1. The second-order valence-corrected chi connectivity index (χ2v) is 4.58. The lowest BCUT2D eigenvalue weighted by Crippen LogP contribution is -2.51. The van der Waals surface area contributed by atoms with Crippen molar-refractivity contribution in [3.8, 4) is 0 Å². The molecule has 0 aromatic carbocycles. The number of hydrogen-bond donors (Lipinski definition) is 2. The Kier molecular flexibility index (Phi) is 4.04. The van der Waals surface area contributed by atoms with Crippen molar-refractivity contribution in [1.82, 2.24) is 0 Å². The highest BCUT2D eigenvalue weighted by Crippen LogP contribution is 2.20. The molecule has 1 saturated heterocycles. The molecule has 2 N–H and O–H groups in total. The van der Waals surface area contributed by atoms with Crippen LogP contribution in [0.15, 0.2) is 0 Å². The highest BCUT2D eigenvalue weighted by atomic mass is 32.3. The number of hydrogen-bond acceptors (Lipinski definition) is 7. The lowest BCUT2D eigenvalue weighted by atomic mass is 9.94. The predicted octanol–water partition coefficient (Wildman–Crippen LogP) is -1.78. The van der Waals surface area contributed by atoms with E-state index in [0.717, 1.165) is 0 Å². The Labute approximate surface area is 87.6 Å². The summed E-state index contributed by atoms with van der Waals surface area (Å²) < 4.78 is 39.4.